The number of hydrogen-bond acceptors (Lipinski definition) is 10. The van der Waals surface area contributed by atoms with E-state index < -0.39 is 66.0 Å². The molecule has 0 unspecified atom stereocenters. The minimum Gasteiger partial charge on any atom is -0.507 e. The topological polar surface area (TPSA) is 174 Å². The first-order valence-electron chi connectivity index (χ1n) is 11.4. The first-order valence-corrected chi connectivity index (χ1v) is 11.4. The van der Waals surface area contributed by atoms with E-state index in [2.05, 4.69) is 0 Å². The summed E-state index contributed by atoms with van der Waals surface area (Å²) in [4.78, 5) is 26.5. The second-order valence-corrected chi connectivity index (χ2v) is 9.50. The Morgan fingerprint density at radius 1 is 1.06 bits per heavy atom. The molecule has 6 N–H and O–H groups in total. The molecule has 0 aromatic heterocycles. The van der Waals surface area contributed by atoms with Gasteiger partial charge in [-0.05, 0) is 6.92 Å². The van der Waals surface area contributed by atoms with Crippen molar-refractivity contribution in [3.63, 3.8) is 0 Å². The van der Waals surface area contributed by atoms with Crippen molar-refractivity contribution >= 4 is 11.6 Å². The number of carbonyl (C=O) groups excluding carboxylic acids is 2. The first-order chi connectivity index (χ1) is 16.6. The molecule has 0 radical (unpaired) electrons. The number of ether oxygens (including phenoxy) is 2. The fraction of sp³-hybridized carbons (Fsp3) is 0.440. The van der Waals surface area contributed by atoms with Crippen molar-refractivity contribution in [1.29, 1.82) is 0 Å². The Kier molecular flexibility index (Phi) is 5.71. The number of ketones is 2. The van der Waals surface area contributed by atoms with E-state index in [4.69, 9.17) is 9.47 Å². The Morgan fingerprint density at radius 2 is 1.66 bits per heavy atom. The van der Waals surface area contributed by atoms with Gasteiger partial charge in [0.1, 0.15) is 17.6 Å². The summed E-state index contributed by atoms with van der Waals surface area (Å²) in [5.41, 5.74) is -2.36. The third kappa shape index (κ3) is 3.65. The van der Waals surface area contributed by atoms with Crippen molar-refractivity contribution in [2.45, 2.75) is 62.5 Å². The van der Waals surface area contributed by atoms with Crippen LogP contribution in [0, 0.1) is 0 Å². The molecule has 10 nitrogen and oxygen atoms in total. The fourth-order valence-corrected chi connectivity index (χ4v) is 5.29. The molecular formula is C25H26O10. The van der Waals surface area contributed by atoms with Gasteiger partial charge in [-0.25, -0.2) is 0 Å². The second kappa shape index (κ2) is 8.37. The number of benzene rings is 2. The van der Waals surface area contributed by atoms with Crippen LogP contribution in [0.5, 0.6) is 11.5 Å². The van der Waals surface area contributed by atoms with E-state index >= 15 is 0 Å². The summed E-state index contributed by atoms with van der Waals surface area (Å²) >= 11 is 0. The average Bonchev–Trinajstić information content (AvgIpc) is 2.83. The van der Waals surface area contributed by atoms with Crippen LogP contribution >= 0.6 is 0 Å². The van der Waals surface area contributed by atoms with E-state index in [1.165, 1.54) is 12.1 Å². The quantitative estimate of drug-likeness (QED) is 0.285. The van der Waals surface area contributed by atoms with Crippen LogP contribution in [0.1, 0.15) is 68.8 Å². The number of phenols is 2. The van der Waals surface area contributed by atoms with Crippen LogP contribution in [0.25, 0.3) is 0 Å². The van der Waals surface area contributed by atoms with Crippen LogP contribution in [0.2, 0.25) is 0 Å². The normalized spacial score (nSPS) is 32.1. The highest BCUT2D eigenvalue weighted by atomic mass is 16.7. The summed E-state index contributed by atoms with van der Waals surface area (Å²) in [5, 5.41) is 63.3. The van der Waals surface area contributed by atoms with Crippen molar-refractivity contribution < 1.29 is 49.7 Å². The average molecular weight is 486 g/mol. The maximum Gasteiger partial charge on any atom is 0.198 e. The summed E-state index contributed by atoms with van der Waals surface area (Å²) in [7, 11) is 0. The minimum atomic E-state index is -1.77. The van der Waals surface area contributed by atoms with E-state index in [-0.39, 0.29) is 52.6 Å². The number of phenolic OH excluding ortho intramolecular Hbond substituents is 2. The maximum atomic E-state index is 13.3. The molecule has 10 heteroatoms. The van der Waals surface area contributed by atoms with Crippen LogP contribution < -0.4 is 0 Å². The number of carbonyl (C=O) groups is 2. The van der Waals surface area contributed by atoms with Gasteiger partial charge in [-0.15, -0.1) is 0 Å². The monoisotopic (exact) mass is 486 g/mol. The third-order valence-electron chi connectivity index (χ3n) is 7.14. The molecule has 0 saturated carbocycles. The second-order valence-electron chi connectivity index (χ2n) is 9.50. The number of aromatic hydroxyl groups is 2. The van der Waals surface area contributed by atoms with Crippen LogP contribution in [0.4, 0.5) is 0 Å². The van der Waals surface area contributed by atoms with Gasteiger partial charge in [0.15, 0.2) is 17.9 Å². The zero-order chi connectivity index (χ0) is 25.2. The Morgan fingerprint density at radius 3 is 2.23 bits per heavy atom. The molecular weight excluding hydrogens is 460 g/mol. The van der Waals surface area contributed by atoms with Crippen LogP contribution in [-0.4, -0.2) is 79.0 Å². The highest BCUT2D eigenvalue weighted by molar-refractivity contribution is 6.30. The Balaban J connectivity index is 1.64. The lowest BCUT2D eigenvalue weighted by atomic mass is 9.73. The lowest BCUT2D eigenvalue weighted by Crippen LogP contribution is -2.49. The molecule has 1 fully saturated rings. The Labute approximate surface area is 200 Å². The van der Waals surface area contributed by atoms with Gasteiger partial charge in [0, 0.05) is 41.5 Å². The highest BCUT2D eigenvalue weighted by Gasteiger charge is 2.47. The SMILES string of the molecule is C[C@@H]1O[C@H](O[C@H]2C[C@](O)(CO)Cc3c(O)c4c(c(O)c32)C(=O)c2ccccc2C4=O)C[C@H](O)[C@@H]1O. The fourth-order valence-electron chi connectivity index (χ4n) is 5.29. The molecule has 1 saturated heterocycles. The van der Waals surface area contributed by atoms with E-state index in [0.29, 0.717) is 0 Å². The van der Waals surface area contributed by atoms with Crippen molar-refractivity contribution in [3.8, 4) is 11.5 Å². The number of fused-ring (bicyclic) bond motifs is 3. The standard InChI is InChI=1S/C25H26O10/c1-10-20(28)14(27)6-16(34-10)35-15-8-25(33,9-26)7-13-17(15)24(32)19-18(23(13)31)21(29)11-4-2-3-5-12(11)22(19)30/h2-5,10,14-16,20,26-28,31-33H,6-9H2,1H3/t10-,14-,15-,16+,20+,25-/m0/s1. The molecule has 0 bridgehead atoms. The zero-order valence-electron chi connectivity index (χ0n) is 18.8. The molecule has 1 aliphatic heterocycles. The molecule has 5 rings (SSSR count). The number of rotatable bonds is 3. The highest BCUT2D eigenvalue weighted by Crippen LogP contribution is 2.51. The van der Waals surface area contributed by atoms with Crippen molar-refractivity contribution in [1.82, 2.24) is 0 Å². The van der Waals surface area contributed by atoms with Crippen LogP contribution in [0.3, 0.4) is 0 Å². The summed E-state index contributed by atoms with van der Waals surface area (Å²) in [6.07, 6.45) is -5.93. The molecule has 3 aliphatic rings. The van der Waals surface area contributed by atoms with E-state index in [0.717, 1.165) is 0 Å². The summed E-state index contributed by atoms with van der Waals surface area (Å²) in [5.74, 6) is -2.43. The largest absolute Gasteiger partial charge is 0.507 e. The molecule has 2 aromatic carbocycles. The van der Waals surface area contributed by atoms with Gasteiger partial charge in [-0.2, -0.15) is 0 Å². The molecule has 1 heterocycles. The Hall–Kier alpha value is -2.86. The van der Waals surface area contributed by atoms with Gasteiger partial charge in [0.05, 0.1) is 41.6 Å². The Bertz CT molecular complexity index is 1210. The minimum absolute atomic E-state index is 0.00299. The third-order valence-corrected chi connectivity index (χ3v) is 7.14. The zero-order valence-corrected chi connectivity index (χ0v) is 18.8. The smallest absolute Gasteiger partial charge is 0.198 e. The lowest BCUT2D eigenvalue weighted by molar-refractivity contribution is -0.267. The number of hydrogen-bond donors (Lipinski definition) is 6. The van der Waals surface area contributed by atoms with Crippen molar-refractivity contribution in [3.05, 3.63) is 57.6 Å². The number of aliphatic hydroxyl groups excluding tert-OH is 3. The summed E-state index contributed by atoms with van der Waals surface area (Å²) < 4.78 is 11.6. The van der Waals surface area contributed by atoms with Gasteiger partial charge in [-0.1, -0.05) is 24.3 Å². The summed E-state index contributed by atoms with van der Waals surface area (Å²) in [6.45, 7) is 0.840. The predicted molar refractivity (Wildman–Crippen MR) is 118 cm³/mol. The van der Waals surface area contributed by atoms with E-state index in [1.54, 1.807) is 19.1 Å². The molecule has 2 aliphatic carbocycles. The maximum absolute atomic E-state index is 13.3. The van der Waals surface area contributed by atoms with Crippen molar-refractivity contribution in [2.75, 3.05) is 6.61 Å². The summed E-state index contributed by atoms with van der Waals surface area (Å²) in [6, 6.07) is 6.07. The molecule has 186 valence electrons. The van der Waals surface area contributed by atoms with Gasteiger partial charge in [-0.3, -0.25) is 9.59 Å². The molecule has 2 aromatic rings. The molecule has 6 atom stereocenters. The van der Waals surface area contributed by atoms with Gasteiger partial charge in [0.2, 0.25) is 0 Å². The lowest BCUT2D eigenvalue weighted by Gasteiger charge is -2.42. The van der Waals surface area contributed by atoms with Crippen LogP contribution in [-0.2, 0) is 15.9 Å². The first kappa shape index (κ1) is 23.9. The molecule has 0 amide bonds. The van der Waals surface area contributed by atoms with Gasteiger partial charge < -0.3 is 40.1 Å². The molecule has 35 heavy (non-hydrogen) atoms. The van der Waals surface area contributed by atoms with E-state index in [9.17, 15) is 40.2 Å². The predicted octanol–water partition coefficient (Wildman–Crippen LogP) is 0.457. The molecule has 0 spiro atoms. The van der Waals surface area contributed by atoms with Gasteiger partial charge in [0.25, 0.3) is 0 Å². The number of aliphatic hydroxyl groups is 4. The van der Waals surface area contributed by atoms with Gasteiger partial charge >= 0.3 is 0 Å². The van der Waals surface area contributed by atoms with E-state index in [1.807, 2.05) is 0 Å². The van der Waals surface area contributed by atoms with Crippen LogP contribution in [0.15, 0.2) is 24.3 Å². The van der Waals surface area contributed by atoms with Crippen molar-refractivity contribution in [2.24, 2.45) is 0 Å².